The molecule has 1 aromatic carbocycles. The van der Waals surface area contributed by atoms with E-state index < -0.39 is 0 Å². The molecule has 0 saturated carbocycles. The number of fused-ring (bicyclic) bond motifs is 1. The molecule has 0 spiro atoms. The van der Waals surface area contributed by atoms with E-state index in [-0.39, 0.29) is 11.5 Å². The predicted molar refractivity (Wildman–Crippen MR) is 118 cm³/mol. The first-order valence-corrected chi connectivity index (χ1v) is 10.1. The summed E-state index contributed by atoms with van der Waals surface area (Å²) in [6.07, 6.45) is 3.00. The molecule has 1 N–H and O–H groups in total. The topological polar surface area (TPSA) is 86.1 Å². The summed E-state index contributed by atoms with van der Waals surface area (Å²) in [4.78, 5) is 34.7. The number of rotatable bonds is 4. The lowest BCUT2D eigenvalue weighted by Gasteiger charge is -2.10. The Morgan fingerprint density at radius 2 is 1.90 bits per heavy atom. The molecule has 0 aliphatic carbocycles. The minimum atomic E-state index is -0.303. The average Bonchev–Trinajstić information content (AvgIpc) is 3.07. The molecule has 0 bridgehead atoms. The van der Waals surface area contributed by atoms with Gasteiger partial charge in [0.05, 0.1) is 28.5 Å². The van der Waals surface area contributed by atoms with Gasteiger partial charge in [-0.25, -0.2) is 9.97 Å². The molecule has 3 aromatic heterocycles. The maximum atomic E-state index is 12.8. The van der Waals surface area contributed by atoms with Crippen molar-refractivity contribution in [2.75, 3.05) is 5.32 Å². The largest absolute Gasteiger partial charge is 0.439 e. The lowest BCUT2D eigenvalue weighted by molar-refractivity contribution is 0.103. The van der Waals surface area contributed by atoms with Crippen LogP contribution in [0.2, 0.25) is 0 Å². The van der Waals surface area contributed by atoms with E-state index in [1.165, 1.54) is 28.4 Å². The molecule has 0 atom stereocenters. The van der Waals surface area contributed by atoms with E-state index in [0.717, 1.165) is 16.9 Å². The number of ether oxygens (including phenoxy) is 1. The summed E-state index contributed by atoms with van der Waals surface area (Å²) in [6, 6.07) is 9.28. The first kappa shape index (κ1) is 19.8. The van der Waals surface area contributed by atoms with Gasteiger partial charge < -0.3 is 14.6 Å². The van der Waals surface area contributed by atoms with Gasteiger partial charge in [-0.05, 0) is 49.6 Å². The summed E-state index contributed by atoms with van der Waals surface area (Å²) in [5, 5.41) is 3.30. The zero-order chi connectivity index (χ0) is 21.4. The number of pyridine rings is 1. The quantitative estimate of drug-likeness (QED) is 0.530. The molecule has 0 aliphatic heterocycles. The molecular formula is C22H20N4O3S. The number of nitrogens with zero attached hydrogens (tertiary/aromatic N) is 3. The highest BCUT2D eigenvalue weighted by Gasteiger charge is 2.19. The van der Waals surface area contributed by atoms with Crippen molar-refractivity contribution in [2.24, 2.45) is 7.05 Å². The van der Waals surface area contributed by atoms with Crippen LogP contribution in [0, 0.1) is 20.8 Å². The number of carbonyl (C=O) groups is 1. The zero-order valence-corrected chi connectivity index (χ0v) is 17.8. The number of hydrogen-bond acceptors (Lipinski definition) is 6. The average molecular weight is 420 g/mol. The number of benzene rings is 1. The molecule has 0 fully saturated rings. The van der Waals surface area contributed by atoms with Crippen LogP contribution in [0.1, 0.15) is 26.4 Å². The van der Waals surface area contributed by atoms with Gasteiger partial charge in [-0.1, -0.05) is 12.1 Å². The molecule has 0 unspecified atom stereocenters. The summed E-state index contributed by atoms with van der Waals surface area (Å²) in [7, 11) is 1.64. The van der Waals surface area contributed by atoms with Crippen LogP contribution in [-0.4, -0.2) is 20.4 Å². The summed E-state index contributed by atoms with van der Waals surface area (Å²) >= 11 is 1.20. The Labute approximate surface area is 177 Å². The predicted octanol–water partition coefficient (Wildman–Crippen LogP) is 4.36. The number of thiophene rings is 1. The lowest BCUT2D eigenvalue weighted by atomic mass is 10.1. The van der Waals surface area contributed by atoms with E-state index in [0.29, 0.717) is 32.2 Å². The third-order valence-corrected chi connectivity index (χ3v) is 6.18. The molecule has 4 rings (SSSR count). The molecule has 0 radical (unpaired) electrons. The van der Waals surface area contributed by atoms with Crippen molar-refractivity contribution < 1.29 is 9.53 Å². The number of anilines is 1. The Morgan fingerprint density at radius 3 is 2.63 bits per heavy atom. The molecule has 0 aliphatic rings. The fraction of sp³-hybridized carbons (Fsp3) is 0.182. The minimum absolute atomic E-state index is 0.164. The lowest BCUT2D eigenvalue weighted by Crippen LogP contribution is -2.17. The van der Waals surface area contributed by atoms with E-state index in [2.05, 4.69) is 15.3 Å². The molecule has 3 heterocycles. The first-order chi connectivity index (χ1) is 14.3. The van der Waals surface area contributed by atoms with E-state index in [1.54, 1.807) is 26.1 Å². The van der Waals surface area contributed by atoms with Crippen molar-refractivity contribution >= 4 is 33.1 Å². The van der Waals surface area contributed by atoms with E-state index in [9.17, 15) is 9.59 Å². The van der Waals surface area contributed by atoms with E-state index in [4.69, 9.17) is 4.74 Å². The monoisotopic (exact) mass is 420 g/mol. The highest BCUT2D eigenvalue weighted by atomic mass is 32.1. The molecule has 7 nitrogen and oxygen atoms in total. The van der Waals surface area contributed by atoms with Gasteiger partial charge in [0.15, 0.2) is 0 Å². The van der Waals surface area contributed by atoms with Crippen molar-refractivity contribution in [3.63, 3.8) is 0 Å². The standard InChI is InChI=1S/C22H20N4O3S/c1-12-6-5-7-16(13(12)2)29-17-9-8-15(10-23-17)25-20(27)19-14(3)18-21(30-19)24-11-26(4)22(18)28/h5-11H,1-4H3,(H,25,27). The van der Waals surface area contributed by atoms with Gasteiger partial charge in [-0.2, -0.15) is 0 Å². The van der Waals surface area contributed by atoms with Gasteiger partial charge in [0, 0.05) is 13.1 Å². The Morgan fingerprint density at radius 1 is 1.10 bits per heavy atom. The van der Waals surface area contributed by atoms with Gasteiger partial charge in [0.2, 0.25) is 5.88 Å². The molecule has 1 amide bonds. The van der Waals surface area contributed by atoms with Gasteiger partial charge in [0.25, 0.3) is 11.5 Å². The minimum Gasteiger partial charge on any atom is -0.439 e. The van der Waals surface area contributed by atoms with Crippen molar-refractivity contribution in [3.8, 4) is 11.6 Å². The Hall–Kier alpha value is -3.52. The van der Waals surface area contributed by atoms with Crippen molar-refractivity contribution in [2.45, 2.75) is 20.8 Å². The van der Waals surface area contributed by atoms with Crippen molar-refractivity contribution in [1.29, 1.82) is 0 Å². The molecule has 152 valence electrons. The van der Waals surface area contributed by atoms with Crippen molar-refractivity contribution in [1.82, 2.24) is 14.5 Å². The maximum Gasteiger partial charge on any atom is 0.266 e. The SMILES string of the molecule is Cc1cccc(Oc2ccc(NC(=O)c3sc4ncn(C)c(=O)c4c3C)cn2)c1C. The summed E-state index contributed by atoms with van der Waals surface area (Å²) < 4.78 is 7.26. The molecule has 0 saturated heterocycles. The third-order valence-electron chi connectivity index (χ3n) is 4.98. The zero-order valence-electron chi connectivity index (χ0n) is 17.0. The number of amides is 1. The number of nitrogens with one attached hydrogen (secondary N) is 1. The molecular weight excluding hydrogens is 400 g/mol. The van der Waals surface area contributed by atoms with Crippen LogP contribution in [0.5, 0.6) is 11.6 Å². The van der Waals surface area contributed by atoms with Crippen LogP contribution in [0.3, 0.4) is 0 Å². The smallest absolute Gasteiger partial charge is 0.266 e. The second-order valence-corrected chi connectivity index (χ2v) is 8.04. The van der Waals surface area contributed by atoms with Gasteiger partial charge in [0.1, 0.15) is 10.6 Å². The maximum absolute atomic E-state index is 12.8. The van der Waals surface area contributed by atoms with E-state index >= 15 is 0 Å². The molecule has 8 heteroatoms. The van der Waals surface area contributed by atoms with E-state index in [1.807, 2.05) is 32.0 Å². The summed E-state index contributed by atoms with van der Waals surface area (Å²) in [6.45, 7) is 5.78. The second-order valence-electron chi connectivity index (χ2n) is 7.04. The number of hydrogen-bond donors (Lipinski definition) is 1. The second kappa shape index (κ2) is 7.72. The Kier molecular flexibility index (Phi) is 5.09. The van der Waals surface area contributed by atoms with Crippen molar-refractivity contribution in [3.05, 3.63) is 74.8 Å². The van der Waals surface area contributed by atoms with Crippen LogP contribution in [0.4, 0.5) is 5.69 Å². The summed E-state index contributed by atoms with van der Waals surface area (Å²) in [5.41, 5.74) is 3.19. The highest BCUT2D eigenvalue weighted by molar-refractivity contribution is 7.20. The Balaban J connectivity index is 1.54. The highest BCUT2D eigenvalue weighted by Crippen LogP contribution is 2.28. The first-order valence-electron chi connectivity index (χ1n) is 9.31. The van der Waals surface area contributed by atoms with Crippen LogP contribution in [-0.2, 0) is 7.05 Å². The van der Waals surface area contributed by atoms with Gasteiger partial charge in [-0.3, -0.25) is 9.59 Å². The van der Waals surface area contributed by atoms with Crippen LogP contribution >= 0.6 is 11.3 Å². The number of aryl methyl sites for hydroxylation is 3. The normalized spacial score (nSPS) is 10.9. The van der Waals surface area contributed by atoms with Gasteiger partial charge in [-0.15, -0.1) is 11.3 Å². The molecule has 4 aromatic rings. The Bertz CT molecular complexity index is 1320. The van der Waals surface area contributed by atoms with Crippen LogP contribution in [0.15, 0.2) is 47.7 Å². The summed E-state index contributed by atoms with van der Waals surface area (Å²) in [5.74, 6) is 0.879. The third kappa shape index (κ3) is 3.57. The fourth-order valence-electron chi connectivity index (χ4n) is 3.08. The number of aromatic nitrogens is 3. The molecule has 30 heavy (non-hydrogen) atoms. The number of carbonyl (C=O) groups excluding carboxylic acids is 1. The van der Waals surface area contributed by atoms with Crippen LogP contribution < -0.4 is 15.6 Å². The van der Waals surface area contributed by atoms with Crippen LogP contribution in [0.25, 0.3) is 10.2 Å². The fourth-order valence-corrected chi connectivity index (χ4v) is 4.11. The van der Waals surface area contributed by atoms with Gasteiger partial charge >= 0.3 is 0 Å².